The first-order chi connectivity index (χ1) is 7.67. The molecule has 0 aliphatic carbocycles. The van der Waals surface area contributed by atoms with E-state index in [1.54, 1.807) is 17.4 Å². The molecule has 1 heterocycles. The van der Waals surface area contributed by atoms with E-state index in [0.717, 1.165) is 4.88 Å². The molecule has 0 fully saturated rings. The van der Waals surface area contributed by atoms with E-state index >= 15 is 0 Å². The highest BCUT2D eigenvalue weighted by molar-refractivity contribution is 7.10. The summed E-state index contributed by atoms with van der Waals surface area (Å²) in [7, 11) is 0. The van der Waals surface area contributed by atoms with Crippen LogP contribution < -0.4 is 0 Å². The third-order valence-electron chi connectivity index (χ3n) is 2.63. The molecule has 0 atom stereocenters. The van der Waals surface area contributed by atoms with Crippen LogP contribution in [0.5, 0.6) is 0 Å². The highest BCUT2D eigenvalue weighted by Crippen LogP contribution is 2.31. The van der Waals surface area contributed by atoms with Crippen molar-refractivity contribution in [2.24, 2.45) is 5.41 Å². The molecule has 0 radical (unpaired) electrons. The maximum Gasteiger partial charge on any atom is 0.148 e. The van der Waals surface area contributed by atoms with Crippen molar-refractivity contribution in [2.75, 3.05) is 0 Å². The third-order valence-corrected chi connectivity index (χ3v) is 3.66. The number of aryl methyl sites for hydroxylation is 1. The van der Waals surface area contributed by atoms with Gasteiger partial charge in [0.25, 0.3) is 0 Å². The number of nitrogens with zero attached hydrogens (tertiary/aromatic N) is 2. The van der Waals surface area contributed by atoms with E-state index in [1.165, 1.54) is 5.56 Å². The zero-order valence-electron chi connectivity index (χ0n) is 9.36. The van der Waals surface area contributed by atoms with Gasteiger partial charge in [0.2, 0.25) is 0 Å². The van der Waals surface area contributed by atoms with Crippen LogP contribution in [0.25, 0.3) is 0 Å². The number of rotatable bonds is 5. The quantitative estimate of drug-likeness (QED) is 0.725. The number of allylic oxidation sites excluding steroid dienone is 1. The third kappa shape index (κ3) is 2.72. The summed E-state index contributed by atoms with van der Waals surface area (Å²) < 4.78 is 0. The van der Waals surface area contributed by atoms with E-state index in [4.69, 9.17) is 0 Å². The minimum Gasteiger partial charge on any atom is -0.197 e. The van der Waals surface area contributed by atoms with Gasteiger partial charge in [-0.3, -0.25) is 0 Å². The molecule has 1 aromatic heterocycles. The van der Waals surface area contributed by atoms with Crippen LogP contribution in [0.1, 0.15) is 23.3 Å². The van der Waals surface area contributed by atoms with Crippen molar-refractivity contribution < 1.29 is 0 Å². The molecule has 0 aromatic carbocycles. The second-order valence-electron chi connectivity index (χ2n) is 3.84. The van der Waals surface area contributed by atoms with E-state index < -0.39 is 5.41 Å². The van der Waals surface area contributed by atoms with Gasteiger partial charge < -0.3 is 0 Å². The van der Waals surface area contributed by atoms with E-state index in [1.807, 2.05) is 18.4 Å². The van der Waals surface area contributed by atoms with Crippen molar-refractivity contribution in [3.63, 3.8) is 0 Å². The fourth-order valence-electron chi connectivity index (χ4n) is 1.51. The van der Waals surface area contributed by atoms with Crippen molar-refractivity contribution in [1.29, 1.82) is 10.5 Å². The summed E-state index contributed by atoms with van der Waals surface area (Å²) in [5.41, 5.74) is 0.266. The Labute approximate surface area is 100 Å². The second-order valence-corrected chi connectivity index (χ2v) is 4.84. The molecule has 3 heteroatoms. The van der Waals surface area contributed by atoms with Gasteiger partial charge >= 0.3 is 0 Å². The first-order valence-electron chi connectivity index (χ1n) is 5.14. The van der Waals surface area contributed by atoms with Crippen LogP contribution in [0.3, 0.4) is 0 Å². The molecule has 0 N–H and O–H groups in total. The smallest absolute Gasteiger partial charge is 0.148 e. The summed E-state index contributed by atoms with van der Waals surface area (Å²) in [6.45, 7) is 5.64. The highest BCUT2D eigenvalue weighted by atomic mass is 32.1. The molecule has 0 unspecified atom stereocenters. The lowest BCUT2D eigenvalue weighted by Crippen LogP contribution is -2.19. The van der Waals surface area contributed by atoms with E-state index in [0.29, 0.717) is 19.3 Å². The Morgan fingerprint density at radius 2 is 2.19 bits per heavy atom. The van der Waals surface area contributed by atoms with Crippen LogP contribution in [0, 0.1) is 35.0 Å². The van der Waals surface area contributed by atoms with Gasteiger partial charge in [-0.1, -0.05) is 6.08 Å². The van der Waals surface area contributed by atoms with Gasteiger partial charge in [-0.25, -0.2) is 0 Å². The number of nitriles is 2. The van der Waals surface area contributed by atoms with Crippen molar-refractivity contribution in [3.05, 3.63) is 34.5 Å². The summed E-state index contributed by atoms with van der Waals surface area (Å²) in [4.78, 5) is 1.13. The molecule has 0 saturated carbocycles. The first-order valence-corrected chi connectivity index (χ1v) is 6.02. The SMILES string of the molecule is C=CCCC(C#N)(C#N)Cc1sccc1C. The zero-order valence-corrected chi connectivity index (χ0v) is 10.2. The largest absolute Gasteiger partial charge is 0.197 e. The molecular weight excluding hydrogens is 216 g/mol. The van der Waals surface area contributed by atoms with Gasteiger partial charge in [-0.2, -0.15) is 10.5 Å². The molecule has 1 aromatic rings. The topological polar surface area (TPSA) is 47.6 Å². The fourth-order valence-corrected chi connectivity index (χ4v) is 2.53. The predicted molar refractivity (Wildman–Crippen MR) is 65.9 cm³/mol. The Kier molecular flexibility index (Phi) is 4.28. The molecule has 0 aliphatic heterocycles. The highest BCUT2D eigenvalue weighted by Gasteiger charge is 2.30. The first kappa shape index (κ1) is 12.5. The van der Waals surface area contributed by atoms with Gasteiger partial charge in [0.05, 0.1) is 12.1 Å². The average Bonchev–Trinajstić information content (AvgIpc) is 2.70. The summed E-state index contributed by atoms with van der Waals surface area (Å²) in [5.74, 6) is 0. The molecule has 0 aliphatic rings. The monoisotopic (exact) mass is 230 g/mol. The molecular formula is C13H14N2S. The van der Waals surface area contributed by atoms with Crippen LogP contribution >= 0.6 is 11.3 Å². The fraction of sp³-hybridized carbons (Fsp3) is 0.385. The van der Waals surface area contributed by atoms with Crippen molar-refractivity contribution in [3.8, 4) is 12.1 Å². The van der Waals surface area contributed by atoms with Crippen molar-refractivity contribution in [1.82, 2.24) is 0 Å². The minimum absolute atomic E-state index is 0.525. The lowest BCUT2D eigenvalue weighted by Gasteiger charge is -2.17. The van der Waals surface area contributed by atoms with Gasteiger partial charge in [0, 0.05) is 11.3 Å². The van der Waals surface area contributed by atoms with E-state index in [2.05, 4.69) is 18.7 Å². The lowest BCUT2D eigenvalue weighted by atomic mass is 9.82. The second kappa shape index (κ2) is 5.49. The molecule has 1 rings (SSSR count). The lowest BCUT2D eigenvalue weighted by molar-refractivity contribution is 0.481. The number of thiophene rings is 1. The molecule has 0 saturated heterocycles. The average molecular weight is 230 g/mol. The Morgan fingerprint density at radius 3 is 2.62 bits per heavy atom. The normalized spacial score (nSPS) is 10.4. The molecule has 16 heavy (non-hydrogen) atoms. The summed E-state index contributed by atoms with van der Waals surface area (Å²) in [6.07, 6.45) is 3.54. The summed E-state index contributed by atoms with van der Waals surface area (Å²) in [6, 6.07) is 6.35. The van der Waals surface area contributed by atoms with E-state index in [9.17, 15) is 10.5 Å². The van der Waals surface area contributed by atoms with Crippen molar-refractivity contribution in [2.45, 2.75) is 26.2 Å². The van der Waals surface area contributed by atoms with Crippen LogP contribution in [-0.2, 0) is 6.42 Å². The molecule has 0 bridgehead atoms. The van der Waals surface area contributed by atoms with Crippen LogP contribution in [0.2, 0.25) is 0 Å². The van der Waals surface area contributed by atoms with Crippen LogP contribution in [0.15, 0.2) is 24.1 Å². The molecule has 82 valence electrons. The number of hydrogen-bond acceptors (Lipinski definition) is 3. The standard InChI is InChI=1S/C13H14N2S/c1-3-4-6-13(9-14,10-15)8-12-11(2)5-7-16-12/h3,5,7H,1,4,6,8H2,2H3. The van der Waals surface area contributed by atoms with E-state index in [-0.39, 0.29) is 0 Å². The zero-order chi connectivity index (χ0) is 12.0. The van der Waals surface area contributed by atoms with Gasteiger partial charge in [-0.05, 0) is 36.8 Å². The summed E-state index contributed by atoms with van der Waals surface area (Å²) >= 11 is 1.61. The van der Waals surface area contributed by atoms with Crippen molar-refractivity contribution >= 4 is 11.3 Å². The maximum absolute atomic E-state index is 9.19. The molecule has 2 nitrogen and oxygen atoms in total. The van der Waals surface area contributed by atoms with Gasteiger partial charge in [0.15, 0.2) is 0 Å². The van der Waals surface area contributed by atoms with Gasteiger partial charge in [-0.15, -0.1) is 17.9 Å². The minimum atomic E-state index is -0.899. The number of hydrogen-bond donors (Lipinski definition) is 0. The van der Waals surface area contributed by atoms with Crippen LogP contribution in [0.4, 0.5) is 0 Å². The maximum atomic E-state index is 9.19. The Bertz CT molecular complexity index is 431. The predicted octanol–water partition coefficient (Wildman–Crippen LogP) is 3.60. The molecule has 0 amide bonds. The Hall–Kier alpha value is -1.58. The Balaban J connectivity index is 2.88. The van der Waals surface area contributed by atoms with Crippen LogP contribution in [-0.4, -0.2) is 0 Å². The van der Waals surface area contributed by atoms with Gasteiger partial charge in [0.1, 0.15) is 5.41 Å². The molecule has 0 spiro atoms. The Morgan fingerprint density at radius 1 is 1.50 bits per heavy atom. The summed E-state index contributed by atoms with van der Waals surface area (Å²) in [5, 5.41) is 20.4.